The highest BCUT2D eigenvalue weighted by molar-refractivity contribution is 9.10. The molecule has 4 rings (SSSR count). The van der Waals surface area contributed by atoms with Crippen LogP contribution in [0.15, 0.2) is 76.2 Å². The van der Waals surface area contributed by atoms with E-state index in [4.69, 9.17) is 16.6 Å². The topological polar surface area (TPSA) is 71.3 Å². The number of fused-ring (bicyclic) bond motifs is 1. The summed E-state index contributed by atoms with van der Waals surface area (Å²) >= 11 is 11.4. The number of aromatic nitrogens is 3. The van der Waals surface area contributed by atoms with Gasteiger partial charge < -0.3 is 10.6 Å². The number of rotatable bonds is 8. The molecule has 2 aromatic carbocycles. The van der Waals surface area contributed by atoms with Crippen LogP contribution in [-0.2, 0) is 4.79 Å². The maximum atomic E-state index is 12.1. The summed E-state index contributed by atoms with van der Waals surface area (Å²) < 4.78 is 2.51. The molecule has 4 aromatic rings. The Balaban J connectivity index is 1.40. The summed E-state index contributed by atoms with van der Waals surface area (Å²) in [5.74, 6) is 1.14. The molecule has 9 heteroatoms. The fourth-order valence-corrected chi connectivity index (χ4v) is 4.31. The fourth-order valence-electron chi connectivity index (χ4n) is 2.98. The zero-order valence-electron chi connectivity index (χ0n) is 16.4. The van der Waals surface area contributed by atoms with E-state index in [-0.39, 0.29) is 5.91 Å². The van der Waals surface area contributed by atoms with Crippen LogP contribution in [0.4, 0.5) is 5.82 Å². The molecule has 6 nitrogen and oxygen atoms in total. The van der Waals surface area contributed by atoms with E-state index in [1.807, 2.05) is 60.7 Å². The van der Waals surface area contributed by atoms with Crippen LogP contribution in [-0.4, -0.2) is 39.3 Å². The molecule has 0 atom stereocenters. The molecule has 0 saturated carbocycles. The predicted octanol–water partition coefficient (Wildman–Crippen LogP) is 5.13. The van der Waals surface area contributed by atoms with Gasteiger partial charge in [-0.1, -0.05) is 48.0 Å². The van der Waals surface area contributed by atoms with Gasteiger partial charge in [-0.25, -0.2) is 4.98 Å². The average molecular weight is 517 g/mol. The highest BCUT2D eigenvalue weighted by Gasteiger charge is 2.13. The minimum Gasteiger partial charge on any atom is -0.368 e. The normalized spacial score (nSPS) is 10.9. The van der Waals surface area contributed by atoms with Gasteiger partial charge in [0.15, 0.2) is 5.65 Å². The lowest BCUT2D eigenvalue weighted by Gasteiger charge is -2.12. The van der Waals surface area contributed by atoms with Gasteiger partial charge in [-0.15, -0.1) is 11.8 Å². The van der Waals surface area contributed by atoms with Crippen LogP contribution in [0.1, 0.15) is 0 Å². The predicted molar refractivity (Wildman–Crippen MR) is 130 cm³/mol. The third-order valence-electron chi connectivity index (χ3n) is 4.44. The summed E-state index contributed by atoms with van der Waals surface area (Å²) in [5.41, 5.74) is 2.27. The molecule has 1 amide bonds. The Hall–Kier alpha value is -2.55. The molecule has 0 unspecified atom stereocenters. The Morgan fingerprint density at radius 3 is 2.68 bits per heavy atom. The number of thioether (sulfide) groups is 1. The van der Waals surface area contributed by atoms with Crippen molar-refractivity contribution in [2.24, 2.45) is 0 Å². The number of nitrogens with zero attached hydrogens (tertiary/aromatic N) is 3. The van der Waals surface area contributed by atoms with E-state index in [0.29, 0.717) is 29.5 Å². The summed E-state index contributed by atoms with van der Waals surface area (Å²) in [5, 5.41) is 11.3. The van der Waals surface area contributed by atoms with Crippen LogP contribution in [0.3, 0.4) is 0 Å². The summed E-state index contributed by atoms with van der Waals surface area (Å²) in [6.07, 6.45) is 1.70. The third kappa shape index (κ3) is 5.39. The van der Waals surface area contributed by atoms with E-state index in [2.05, 4.69) is 31.7 Å². The van der Waals surface area contributed by atoms with E-state index in [0.717, 1.165) is 26.4 Å². The molecule has 31 heavy (non-hydrogen) atoms. The van der Waals surface area contributed by atoms with Crippen LogP contribution >= 0.6 is 39.3 Å². The van der Waals surface area contributed by atoms with Crippen molar-refractivity contribution < 1.29 is 4.79 Å². The summed E-state index contributed by atoms with van der Waals surface area (Å²) in [6.45, 7) is 1.03. The second-order valence-electron chi connectivity index (χ2n) is 6.61. The molecular formula is C22H19BrClN5OS. The molecule has 0 fully saturated rings. The molecule has 2 N–H and O–H groups in total. The van der Waals surface area contributed by atoms with Crippen LogP contribution in [0.2, 0.25) is 5.02 Å². The van der Waals surface area contributed by atoms with E-state index in [9.17, 15) is 4.79 Å². The van der Waals surface area contributed by atoms with Crippen molar-refractivity contribution >= 4 is 56.7 Å². The lowest BCUT2D eigenvalue weighted by atomic mass is 10.1. The molecule has 2 aromatic heterocycles. The van der Waals surface area contributed by atoms with Crippen molar-refractivity contribution in [3.8, 4) is 11.3 Å². The summed E-state index contributed by atoms with van der Waals surface area (Å²) in [6, 6.07) is 19.4. The van der Waals surface area contributed by atoms with Crippen LogP contribution < -0.4 is 10.6 Å². The van der Waals surface area contributed by atoms with Gasteiger partial charge in [0.2, 0.25) is 5.91 Å². The Morgan fingerprint density at radius 1 is 1.10 bits per heavy atom. The Labute approximate surface area is 197 Å². The number of nitrogens with one attached hydrogen (secondary N) is 2. The van der Waals surface area contributed by atoms with Crippen molar-refractivity contribution in [1.29, 1.82) is 0 Å². The van der Waals surface area contributed by atoms with E-state index in [1.165, 1.54) is 11.8 Å². The maximum absolute atomic E-state index is 12.1. The van der Waals surface area contributed by atoms with E-state index < -0.39 is 0 Å². The van der Waals surface area contributed by atoms with Gasteiger partial charge >= 0.3 is 0 Å². The minimum atomic E-state index is -0.00545. The molecule has 2 heterocycles. The number of halogens is 2. The van der Waals surface area contributed by atoms with Gasteiger partial charge in [0.05, 0.1) is 22.1 Å². The first kappa shape index (κ1) is 21.7. The molecule has 0 aliphatic heterocycles. The molecule has 0 bridgehead atoms. The first-order valence-electron chi connectivity index (χ1n) is 9.59. The lowest BCUT2D eigenvalue weighted by Crippen LogP contribution is -2.30. The molecule has 0 spiro atoms. The highest BCUT2D eigenvalue weighted by Crippen LogP contribution is 2.30. The quantitative estimate of drug-likeness (QED) is 0.251. The Morgan fingerprint density at radius 2 is 1.87 bits per heavy atom. The van der Waals surface area contributed by atoms with Crippen LogP contribution in [0.5, 0.6) is 0 Å². The molecule has 0 saturated heterocycles. The molecule has 0 aliphatic rings. The van der Waals surface area contributed by atoms with Gasteiger partial charge in [0.25, 0.3) is 0 Å². The lowest BCUT2D eigenvalue weighted by molar-refractivity contribution is -0.118. The minimum absolute atomic E-state index is 0.00545. The van der Waals surface area contributed by atoms with Crippen LogP contribution in [0.25, 0.3) is 16.9 Å². The summed E-state index contributed by atoms with van der Waals surface area (Å²) in [4.78, 5) is 17.9. The molecular weight excluding hydrogens is 498 g/mol. The van der Waals surface area contributed by atoms with E-state index in [1.54, 1.807) is 10.7 Å². The largest absolute Gasteiger partial charge is 0.368 e. The number of anilines is 1. The number of hydrogen-bond donors (Lipinski definition) is 2. The average Bonchev–Trinajstić information content (AvgIpc) is 3.17. The second-order valence-corrected chi connectivity index (χ2v) is 8.92. The zero-order chi connectivity index (χ0) is 21.6. The van der Waals surface area contributed by atoms with Crippen molar-refractivity contribution in [2.75, 3.05) is 24.2 Å². The van der Waals surface area contributed by atoms with Crippen LogP contribution in [0, 0.1) is 0 Å². The first-order valence-corrected chi connectivity index (χ1v) is 11.7. The number of carbonyl (C=O) groups excluding carboxylic acids is 1. The smallest absolute Gasteiger partial charge is 0.230 e. The van der Waals surface area contributed by atoms with Gasteiger partial charge in [0, 0.05) is 34.6 Å². The van der Waals surface area contributed by atoms with Gasteiger partial charge in [-0.2, -0.15) is 9.61 Å². The number of hydrogen-bond acceptors (Lipinski definition) is 5. The SMILES string of the molecule is O=C(CSc1ccccc1)NCCNc1cc(-c2ccccc2Cl)nc2c(Br)cnn12. The number of carbonyl (C=O) groups is 1. The first-order chi connectivity index (χ1) is 15.1. The Bertz CT molecular complexity index is 1200. The van der Waals surface area contributed by atoms with Crippen molar-refractivity contribution in [3.63, 3.8) is 0 Å². The monoisotopic (exact) mass is 515 g/mol. The standard InChI is InChI=1S/C22H19BrClN5OS/c23-17-13-27-29-20(12-19(28-22(17)29)16-8-4-5-9-18(16)24)25-10-11-26-21(30)14-31-15-6-2-1-3-7-15/h1-9,12-13,25H,10-11,14H2,(H,26,30). The van der Waals surface area contributed by atoms with Gasteiger partial charge in [-0.05, 0) is 34.1 Å². The maximum Gasteiger partial charge on any atom is 0.230 e. The summed E-state index contributed by atoms with van der Waals surface area (Å²) in [7, 11) is 0. The van der Waals surface area contributed by atoms with Crippen molar-refractivity contribution in [2.45, 2.75) is 4.90 Å². The Kier molecular flexibility index (Phi) is 7.11. The highest BCUT2D eigenvalue weighted by atomic mass is 79.9. The second kappa shape index (κ2) is 10.2. The van der Waals surface area contributed by atoms with E-state index >= 15 is 0 Å². The molecule has 0 radical (unpaired) electrons. The van der Waals surface area contributed by atoms with Crippen molar-refractivity contribution in [3.05, 3.63) is 76.4 Å². The van der Waals surface area contributed by atoms with Gasteiger partial charge in [-0.3, -0.25) is 4.79 Å². The van der Waals surface area contributed by atoms with Gasteiger partial charge in [0.1, 0.15) is 5.82 Å². The van der Waals surface area contributed by atoms with Crippen molar-refractivity contribution in [1.82, 2.24) is 19.9 Å². The zero-order valence-corrected chi connectivity index (χ0v) is 19.5. The number of benzene rings is 2. The third-order valence-corrected chi connectivity index (χ3v) is 6.35. The fraction of sp³-hybridized carbons (Fsp3) is 0.136. The molecule has 158 valence electrons. The molecule has 0 aliphatic carbocycles. The number of amides is 1.